The molecule has 0 atom stereocenters. The average molecular weight is 418 g/mol. The van der Waals surface area contributed by atoms with Crippen molar-refractivity contribution in [2.24, 2.45) is 0 Å². The average Bonchev–Trinajstić information content (AvgIpc) is 3.05. The third-order valence-electron chi connectivity index (χ3n) is 3.49. The molecule has 0 aliphatic rings. The van der Waals surface area contributed by atoms with Gasteiger partial charge in [-0.1, -0.05) is 45.4 Å². The summed E-state index contributed by atoms with van der Waals surface area (Å²) >= 11 is 4.62. The van der Waals surface area contributed by atoms with Gasteiger partial charge in [-0.05, 0) is 49.7 Å². The summed E-state index contributed by atoms with van der Waals surface area (Å²) in [5.41, 5.74) is 3.81. The first kappa shape index (κ1) is 17.7. The first-order valence-electron chi connectivity index (χ1n) is 7.60. The molecule has 0 aliphatic carbocycles. The minimum atomic E-state index is -0.120. The van der Waals surface area contributed by atoms with Crippen LogP contribution < -0.4 is 5.32 Å². The Labute approximate surface area is 158 Å². The molecular weight excluding hydrogens is 402 g/mol. The van der Waals surface area contributed by atoms with E-state index in [1.54, 1.807) is 0 Å². The quantitative estimate of drug-likeness (QED) is 0.601. The molecule has 0 saturated heterocycles. The fourth-order valence-electron chi connectivity index (χ4n) is 2.16. The van der Waals surface area contributed by atoms with E-state index in [1.165, 1.54) is 11.8 Å². The monoisotopic (exact) mass is 417 g/mol. The van der Waals surface area contributed by atoms with Gasteiger partial charge in [-0.25, -0.2) is 0 Å². The Bertz CT molecular complexity index is 894. The number of benzene rings is 2. The molecule has 1 heterocycles. The zero-order chi connectivity index (χ0) is 17.8. The van der Waals surface area contributed by atoms with Gasteiger partial charge in [0.25, 0.3) is 5.22 Å². The highest BCUT2D eigenvalue weighted by atomic mass is 79.9. The van der Waals surface area contributed by atoms with Crippen molar-refractivity contribution in [2.45, 2.75) is 19.1 Å². The third kappa shape index (κ3) is 4.70. The van der Waals surface area contributed by atoms with Crippen molar-refractivity contribution < 1.29 is 9.21 Å². The van der Waals surface area contributed by atoms with E-state index in [4.69, 9.17) is 4.42 Å². The number of nitrogens with one attached hydrogen (secondary N) is 1. The van der Waals surface area contributed by atoms with Crippen LogP contribution in [-0.4, -0.2) is 21.9 Å². The summed E-state index contributed by atoms with van der Waals surface area (Å²) in [7, 11) is 0. The van der Waals surface area contributed by atoms with E-state index in [-0.39, 0.29) is 11.7 Å². The maximum absolute atomic E-state index is 12.1. The van der Waals surface area contributed by atoms with E-state index in [1.807, 2.05) is 56.3 Å². The summed E-state index contributed by atoms with van der Waals surface area (Å²) in [4.78, 5) is 12.1. The van der Waals surface area contributed by atoms with Gasteiger partial charge < -0.3 is 9.73 Å². The smallest absolute Gasteiger partial charge is 0.277 e. The van der Waals surface area contributed by atoms with Crippen molar-refractivity contribution in [3.05, 3.63) is 58.1 Å². The Balaban J connectivity index is 1.58. The highest BCUT2D eigenvalue weighted by Crippen LogP contribution is 2.24. The molecule has 2 aromatic carbocycles. The van der Waals surface area contributed by atoms with Crippen molar-refractivity contribution in [3.8, 4) is 11.5 Å². The number of rotatable bonds is 5. The normalized spacial score (nSPS) is 10.7. The predicted molar refractivity (Wildman–Crippen MR) is 103 cm³/mol. The maximum atomic E-state index is 12.1. The van der Waals surface area contributed by atoms with Crippen LogP contribution in [0.1, 0.15) is 11.1 Å². The number of carbonyl (C=O) groups excluding carboxylic acids is 1. The molecule has 128 valence electrons. The second-order valence-electron chi connectivity index (χ2n) is 5.54. The molecule has 5 nitrogen and oxygen atoms in total. The minimum absolute atomic E-state index is 0.120. The maximum Gasteiger partial charge on any atom is 0.277 e. The molecule has 0 fully saturated rings. The minimum Gasteiger partial charge on any atom is -0.411 e. The van der Waals surface area contributed by atoms with Crippen molar-refractivity contribution >= 4 is 39.3 Å². The SMILES string of the molecule is Cc1ccc(-c2nnc(SCC(=O)Nc3ccc(Br)cc3C)o2)cc1. The zero-order valence-corrected chi connectivity index (χ0v) is 16.1. The molecule has 25 heavy (non-hydrogen) atoms. The second-order valence-corrected chi connectivity index (χ2v) is 7.38. The van der Waals surface area contributed by atoms with Gasteiger partial charge in [-0.3, -0.25) is 4.79 Å². The Hall–Kier alpha value is -2.12. The van der Waals surface area contributed by atoms with Crippen LogP contribution in [-0.2, 0) is 4.79 Å². The van der Waals surface area contributed by atoms with Gasteiger partial charge in [0.1, 0.15) is 0 Å². The Morgan fingerprint density at radius 1 is 1.16 bits per heavy atom. The third-order valence-corrected chi connectivity index (χ3v) is 4.81. The molecule has 0 spiro atoms. The first-order chi connectivity index (χ1) is 12.0. The number of halogens is 1. The van der Waals surface area contributed by atoms with E-state index in [0.29, 0.717) is 11.1 Å². The molecule has 0 saturated carbocycles. The fourth-order valence-corrected chi connectivity index (χ4v) is 3.20. The number of nitrogens with zero attached hydrogens (tertiary/aromatic N) is 2. The van der Waals surface area contributed by atoms with Crippen LogP contribution in [0.3, 0.4) is 0 Å². The van der Waals surface area contributed by atoms with Gasteiger partial charge in [0, 0.05) is 15.7 Å². The van der Waals surface area contributed by atoms with Gasteiger partial charge in [-0.15, -0.1) is 10.2 Å². The highest BCUT2D eigenvalue weighted by Gasteiger charge is 2.12. The van der Waals surface area contributed by atoms with Crippen molar-refractivity contribution in [1.29, 1.82) is 0 Å². The molecule has 1 N–H and O–H groups in total. The Morgan fingerprint density at radius 3 is 2.64 bits per heavy atom. The number of aromatic nitrogens is 2. The van der Waals surface area contributed by atoms with Crippen molar-refractivity contribution in [2.75, 3.05) is 11.1 Å². The van der Waals surface area contributed by atoms with Crippen molar-refractivity contribution in [1.82, 2.24) is 10.2 Å². The lowest BCUT2D eigenvalue weighted by atomic mass is 10.1. The summed E-state index contributed by atoms with van der Waals surface area (Å²) in [6.07, 6.45) is 0. The number of amides is 1. The van der Waals surface area contributed by atoms with Gasteiger partial charge in [0.2, 0.25) is 11.8 Å². The fraction of sp³-hybridized carbons (Fsp3) is 0.167. The lowest BCUT2D eigenvalue weighted by Crippen LogP contribution is -2.14. The molecule has 0 bridgehead atoms. The van der Waals surface area contributed by atoms with Crippen LogP contribution in [0, 0.1) is 13.8 Å². The molecular formula is C18H16BrN3O2S. The molecule has 3 aromatic rings. The van der Waals surface area contributed by atoms with Crippen LogP contribution in [0.2, 0.25) is 0 Å². The van der Waals surface area contributed by atoms with E-state index in [2.05, 4.69) is 31.4 Å². The number of carbonyl (C=O) groups is 1. The molecule has 3 rings (SSSR count). The Kier molecular flexibility index (Phi) is 5.55. The molecule has 1 amide bonds. The predicted octanol–water partition coefficient (Wildman–Crippen LogP) is 4.85. The standard InChI is InChI=1S/C18H16BrN3O2S/c1-11-3-5-13(6-4-11)17-21-22-18(24-17)25-10-16(23)20-15-8-7-14(19)9-12(15)2/h3-9H,10H2,1-2H3,(H,20,23). The van der Waals surface area contributed by atoms with Crippen LogP contribution in [0.15, 0.2) is 56.6 Å². The van der Waals surface area contributed by atoms with Crippen molar-refractivity contribution in [3.63, 3.8) is 0 Å². The van der Waals surface area contributed by atoms with Crippen LogP contribution in [0.25, 0.3) is 11.5 Å². The molecule has 0 unspecified atom stereocenters. The lowest BCUT2D eigenvalue weighted by molar-refractivity contribution is -0.113. The highest BCUT2D eigenvalue weighted by molar-refractivity contribution is 9.10. The molecule has 7 heteroatoms. The number of hydrogen-bond acceptors (Lipinski definition) is 5. The zero-order valence-electron chi connectivity index (χ0n) is 13.7. The van der Waals surface area contributed by atoms with E-state index in [0.717, 1.165) is 26.9 Å². The lowest BCUT2D eigenvalue weighted by Gasteiger charge is -2.07. The summed E-state index contributed by atoms with van der Waals surface area (Å²) in [5, 5.41) is 11.3. The van der Waals surface area contributed by atoms with Crippen LogP contribution in [0.5, 0.6) is 0 Å². The Morgan fingerprint density at radius 2 is 1.92 bits per heavy atom. The van der Waals surface area contributed by atoms with E-state index >= 15 is 0 Å². The first-order valence-corrected chi connectivity index (χ1v) is 9.38. The van der Waals surface area contributed by atoms with Crippen LogP contribution in [0.4, 0.5) is 5.69 Å². The second kappa shape index (κ2) is 7.84. The summed E-state index contributed by atoms with van der Waals surface area (Å²) in [6, 6.07) is 13.5. The van der Waals surface area contributed by atoms with Gasteiger partial charge >= 0.3 is 0 Å². The summed E-state index contributed by atoms with van der Waals surface area (Å²) < 4.78 is 6.58. The number of hydrogen-bond donors (Lipinski definition) is 1. The summed E-state index contributed by atoms with van der Waals surface area (Å²) in [6.45, 7) is 3.96. The molecule has 1 aromatic heterocycles. The molecule has 0 radical (unpaired) electrons. The van der Waals surface area contributed by atoms with E-state index < -0.39 is 0 Å². The van der Waals surface area contributed by atoms with Gasteiger partial charge in [0.15, 0.2) is 0 Å². The van der Waals surface area contributed by atoms with Gasteiger partial charge in [0.05, 0.1) is 5.75 Å². The van der Waals surface area contributed by atoms with Gasteiger partial charge in [-0.2, -0.15) is 0 Å². The number of anilines is 1. The number of aryl methyl sites for hydroxylation is 2. The van der Waals surface area contributed by atoms with E-state index in [9.17, 15) is 4.79 Å². The topological polar surface area (TPSA) is 68.0 Å². The number of thioether (sulfide) groups is 1. The summed E-state index contributed by atoms with van der Waals surface area (Å²) in [5.74, 6) is 0.530. The molecule has 0 aliphatic heterocycles. The largest absolute Gasteiger partial charge is 0.411 e. The van der Waals surface area contributed by atoms with Crippen LogP contribution >= 0.6 is 27.7 Å².